The van der Waals surface area contributed by atoms with Crippen LogP contribution >= 0.6 is 11.3 Å². The van der Waals surface area contributed by atoms with E-state index in [2.05, 4.69) is 23.6 Å². The normalized spacial score (nSPS) is 37.9. The Morgan fingerprint density at radius 3 is 2.78 bits per heavy atom. The highest BCUT2D eigenvalue weighted by atomic mass is 32.2. The maximum absolute atomic E-state index is 12.2. The Morgan fingerprint density at radius 1 is 1.33 bits per heavy atom. The topological polar surface area (TPSA) is 85.4 Å². The van der Waals surface area contributed by atoms with Crippen LogP contribution in [0.15, 0.2) is 0 Å². The molecule has 8 heteroatoms. The quantitative estimate of drug-likeness (QED) is 0.765. The van der Waals surface area contributed by atoms with Crippen molar-refractivity contribution in [3.05, 3.63) is 10.6 Å². The Balaban J connectivity index is 1.66. The average Bonchev–Trinajstić information content (AvgIpc) is 3.07. The van der Waals surface area contributed by atoms with Crippen LogP contribution in [0.1, 0.15) is 63.4 Å². The van der Waals surface area contributed by atoms with E-state index < -0.39 is 10.0 Å². The first-order valence-electron chi connectivity index (χ1n) is 9.86. The lowest BCUT2D eigenvalue weighted by molar-refractivity contribution is -0.149. The molecule has 3 aliphatic rings. The zero-order valence-corrected chi connectivity index (χ0v) is 18.0. The molecule has 150 valence electrons. The van der Waals surface area contributed by atoms with Crippen LogP contribution in [-0.2, 0) is 26.0 Å². The Bertz CT molecular complexity index is 865. The Hall–Kier alpha value is -1.15. The standard InChI is InChI=1S/C19H28N2O4S2/c1-5-8-27(23,24)21-18-20-15-11(3)14-16-12(10(2)17(22)25-16)6-7-19(14,4)9-13(15)26-18/h10-12,14,16H,5-9H2,1-4H3,(H,20,21)/t10-,11-,12+,14+,16-,19+/m0/s1. The third kappa shape index (κ3) is 3.09. The van der Waals surface area contributed by atoms with Gasteiger partial charge in [-0.15, -0.1) is 11.3 Å². The summed E-state index contributed by atoms with van der Waals surface area (Å²) in [7, 11) is -3.34. The molecule has 1 aliphatic heterocycles. The molecular weight excluding hydrogens is 384 g/mol. The zero-order valence-electron chi connectivity index (χ0n) is 16.3. The highest BCUT2D eigenvalue weighted by Crippen LogP contribution is 2.59. The number of thiazole rings is 1. The van der Waals surface area contributed by atoms with Gasteiger partial charge in [-0.1, -0.05) is 27.7 Å². The maximum Gasteiger partial charge on any atom is 0.309 e. The van der Waals surface area contributed by atoms with Crippen molar-refractivity contribution in [1.82, 2.24) is 4.98 Å². The first-order chi connectivity index (χ1) is 12.6. The summed E-state index contributed by atoms with van der Waals surface area (Å²) in [5, 5.41) is 0.468. The monoisotopic (exact) mass is 412 g/mol. The molecule has 1 saturated carbocycles. The number of aromatic nitrogens is 1. The minimum Gasteiger partial charge on any atom is -0.461 e. The Kier molecular flexibility index (Phi) is 4.57. The molecule has 6 atom stereocenters. The van der Waals surface area contributed by atoms with E-state index in [1.807, 2.05) is 13.8 Å². The van der Waals surface area contributed by atoms with Crippen molar-refractivity contribution >= 4 is 32.5 Å². The van der Waals surface area contributed by atoms with Gasteiger partial charge < -0.3 is 4.74 Å². The number of anilines is 1. The van der Waals surface area contributed by atoms with Crippen LogP contribution in [0.4, 0.5) is 5.13 Å². The summed E-state index contributed by atoms with van der Waals surface area (Å²) >= 11 is 1.46. The lowest BCUT2D eigenvalue weighted by Gasteiger charge is -2.51. The van der Waals surface area contributed by atoms with Crippen molar-refractivity contribution in [2.24, 2.45) is 23.2 Å². The van der Waals surface area contributed by atoms with E-state index in [4.69, 9.17) is 4.74 Å². The molecule has 2 fully saturated rings. The van der Waals surface area contributed by atoms with Gasteiger partial charge in [-0.25, -0.2) is 13.4 Å². The second-order valence-electron chi connectivity index (χ2n) is 8.79. The summed E-state index contributed by atoms with van der Waals surface area (Å²) in [6, 6.07) is 0. The molecule has 0 bridgehead atoms. The van der Waals surface area contributed by atoms with E-state index in [0.29, 0.717) is 17.5 Å². The van der Waals surface area contributed by atoms with Gasteiger partial charge in [0.2, 0.25) is 10.0 Å². The minimum atomic E-state index is -3.34. The summed E-state index contributed by atoms with van der Waals surface area (Å²) in [4.78, 5) is 18.0. The summed E-state index contributed by atoms with van der Waals surface area (Å²) in [5.41, 5.74) is 1.04. The van der Waals surface area contributed by atoms with E-state index in [1.54, 1.807) is 0 Å². The van der Waals surface area contributed by atoms with Crippen LogP contribution in [-0.4, -0.2) is 31.2 Å². The van der Waals surface area contributed by atoms with Gasteiger partial charge in [0.1, 0.15) is 6.10 Å². The molecule has 1 N–H and O–H groups in total. The molecule has 1 saturated heterocycles. The average molecular weight is 413 g/mol. The summed E-state index contributed by atoms with van der Waals surface area (Å²) < 4.78 is 32.7. The first-order valence-corrected chi connectivity index (χ1v) is 12.3. The number of nitrogens with one attached hydrogen (secondary N) is 1. The second kappa shape index (κ2) is 6.44. The van der Waals surface area contributed by atoms with Gasteiger partial charge >= 0.3 is 5.97 Å². The number of carbonyl (C=O) groups excluding carboxylic acids is 1. The van der Waals surface area contributed by atoms with Crippen molar-refractivity contribution in [2.45, 2.75) is 65.4 Å². The number of esters is 1. The van der Waals surface area contributed by atoms with Crippen LogP contribution in [0.2, 0.25) is 0 Å². The number of hydrogen-bond donors (Lipinski definition) is 1. The van der Waals surface area contributed by atoms with E-state index in [-0.39, 0.29) is 41.0 Å². The number of fused-ring (bicyclic) bond motifs is 4. The molecule has 0 aromatic carbocycles. The molecule has 6 nitrogen and oxygen atoms in total. The molecule has 1 aromatic heterocycles. The molecule has 1 aromatic rings. The van der Waals surface area contributed by atoms with Crippen LogP contribution in [0, 0.1) is 23.2 Å². The molecule has 0 spiro atoms. The van der Waals surface area contributed by atoms with Crippen LogP contribution < -0.4 is 4.72 Å². The largest absolute Gasteiger partial charge is 0.461 e. The van der Waals surface area contributed by atoms with Crippen molar-refractivity contribution in [1.29, 1.82) is 0 Å². The second-order valence-corrected chi connectivity index (χ2v) is 11.7. The van der Waals surface area contributed by atoms with Crippen molar-refractivity contribution in [3.8, 4) is 0 Å². The summed E-state index contributed by atoms with van der Waals surface area (Å²) in [5.74, 6) is 0.675. The van der Waals surface area contributed by atoms with Crippen molar-refractivity contribution in [3.63, 3.8) is 0 Å². The lowest BCUT2D eigenvalue weighted by Crippen LogP contribution is -2.50. The Morgan fingerprint density at radius 2 is 2.07 bits per heavy atom. The summed E-state index contributed by atoms with van der Waals surface area (Å²) in [6.07, 6.45) is 3.49. The van der Waals surface area contributed by atoms with Crippen molar-refractivity contribution < 1.29 is 17.9 Å². The molecule has 4 rings (SSSR count). The Labute approximate surface area is 165 Å². The van der Waals surface area contributed by atoms with E-state index >= 15 is 0 Å². The zero-order chi connectivity index (χ0) is 19.6. The van der Waals surface area contributed by atoms with Gasteiger partial charge in [-0.05, 0) is 31.1 Å². The maximum atomic E-state index is 12.2. The van der Waals surface area contributed by atoms with Gasteiger partial charge in [0, 0.05) is 22.6 Å². The third-order valence-electron chi connectivity index (χ3n) is 6.87. The van der Waals surface area contributed by atoms with Gasteiger partial charge in [0.25, 0.3) is 0 Å². The molecule has 2 aliphatic carbocycles. The van der Waals surface area contributed by atoms with Gasteiger partial charge in [0.05, 0.1) is 17.4 Å². The van der Waals surface area contributed by atoms with Gasteiger partial charge in [-0.3, -0.25) is 9.52 Å². The predicted octanol–water partition coefficient (Wildman–Crippen LogP) is 3.55. The highest BCUT2D eigenvalue weighted by Gasteiger charge is 2.58. The van der Waals surface area contributed by atoms with Crippen molar-refractivity contribution in [2.75, 3.05) is 10.5 Å². The summed E-state index contributed by atoms with van der Waals surface area (Å²) in [6.45, 7) is 8.28. The smallest absolute Gasteiger partial charge is 0.309 e. The van der Waals surface area contributed by atoms with Crippen LogP contribution in [0.25, 0.3) is 0 Å². The van der Waals surface area contributed by atoms with Gasteiger partial charge in [-0.2, -0.15) is 0 Å². The third-order valence-corrected chi connectivity index (χ3v) is 9.44. The molecule has 0 radical (unpaired) electrons. The fraction of sp³-hybridized carbons (Fsp3) is 0.789. The molecule has 2 heterocycles. The predicted molar refractivity (Wildman–Crippen MR) is 105 cm³/mol. The number of ether oxygens (including phenoxy) is 1. The first kappa shape index (κ1) is 19.2. The fourth-order valence-electron chi connectivity index (χ4n) is 5.58. The SMILES string of the molecule is CCCS(=O)(=O)Nc1nc2c(s1)C[C@@]1(C)CC[C@H]3[C@H](OC(=O)[C@H]3C)[C@H]1[C@@H]2C. The molecular formula is C19H28N2O4S2. The number of hydrogen-bond acceptors (Lipinski definition) is 6. The van der Waals surface area contributed by atoms with E-state index in [1.165, 1.54) is 16.2 Å². The number of nitrogens with zero attached hydrogens (tertiary/aromatic N) is 1. The van der Waals surface area contributed by atoms with E-state index in [0.717, 1.165) is 25.0 Å². The van der Waals surface area contributed by atoms with Crippen LogP contribution in [0.3, 0.4) is 0 Å². The lowest BCUT2D eigenvalue weighted by atomic mass is 9.54. The molecule has 0 unspecified atom stereocenters. The number of rotatable bonds is 4. The number of carbonyl (C=O) groups is 1. The fourth-order valence-corrected chi connectivity index (χ4v) is 8.19. The van der Waals surface area contributed by atoms with Crippen LogP contribution in [0.5, 0.6) is 0 Å². The van der Waals surface area contributed by atoms with E-state index in [9.17, 15) is 13.2 Å². The number of sulfonamides is 1. The molecule has 0 amide bonds. The molecule has 27 heavy (non-hydrogen) atoms. The van der Waals surface area contributed by atoms with Gasteiger partial charge in [0.15, 0.2) is 5.13 Å². The minimum absolute atomic E-state index is 0.0278. The highest BCUT2D eigenvalue weighted by molar-refractivity contribution is 7.92.